The zero-order valence-electron chi connectivity index (χ0n) is 6.10. The summed E-state index contributed by atoms with van der Waals surface area (Å²) in [5.41, 5.74) is 2.14. The maximum Gasteiger partial charge on any atom is -0.0234 e. The molecule has 0 amide bonds. The molecular weight excluding hydrogens is 235 g/mol. The Kier molecular flexibility index (Phi) is 5.30. The Labute approximate surface area is 76.2 Å². The van der Waals surface area contributed by atoms with Gasteiger partial charge >= 0.3 is 0 Å². The number of rotatable bonds is 3. The van der Waals surface area contributed by atoms with Crippen LogP contribution in [0.4, 0.5) is 0 Å². The van der Waals surface area contributed by atoms with Crippen molar-refractivity contribution in [3.63, 3.8) is 0 Å². The highest BCUT2D eigenvalue weighted by Crippen LogP contribution is 2.07. The van der Waals surface area contributed by atoms with E-state index in [2.05, 4.69) is 35.7 Å². The Morgan fingerprint density at radius 1 is 1.50 bits per heavy atom. The van der Waals surface area contributed by atoms with Gasteiger partial charge in [-0.2, -0.15) is 0 Å². The monoisotopic (exact) mass is 246 g/mol. The minimum absolute atomic E-state index is 1.05. The highest BCUT2D eigenvalue weighted by Gasteiger charge is 1.86. The number of halogens is 1. The molecule has 10 heavy (non-hydrogen) atoms. The lowest BCUT2D eigenvalue weighted by Crippen LogP contribution is -1.75. The van der Waals surface area contributed by atoms with Crippen molar-refractivity contribution in [1.82, 2.24) is 0 Å². The fourth-order valence-electron chi connectivity index (χ4n) is 0.525. The summed E-state index contributed by atoms with van der Waals surface area (Å²) >= 11 is 2.17. The van der Waals surface area contributed by atoms with E-state index in [9.17, 15) is 0 Å². The van der Waals surface area contributed by atoms with Crippen LogP contribution in [0.25, 0.3) is 0 Å². The van der Waals surface area contributed by atoms with E-state index in [4.69, 9.17) is 0 Å². The molecule has 54 valence electrons. The smallest absolute Gasteiger partial charge is 0.0234 e. The molecular formula is C9H11I. The van der Waals surface area contributed by atoms with E-state index < -0.39 is 0 Å². The molecule has 0 aromatic heterocycles. The van der Waals surface area contributed by atoms with Gasteiger partial charge in [0.25, 0.3) is 0 Å². The number of allylic oxidation sites excluding steroid dienone is 5. The molecule has 0 aromatic carbocycles. The summed E-state index contributed by atoms with van der Waals surface area (Å²) in [5.74, 6) is 0. The van der Waals surface area contributed by atoms with Gasteiger partial charge in [-0.25, -0.2) is 0 Å². The second kappa shape index (κ2) is 5.47. The first kappa shape index (κ1) is 9.69. The first-order valence-electron chi connectivity index (χ1n) is 2.97. The highest BCUT2D eigenvalue weighted by molar-refractivity contribution is 14.1. The van der Waals surface area contributed by atoms with Crippen molar-refractivity contribution in [3.05, 3.63) is 46.6 Å². The molecule has 0 aromatic rings. The van der Waals surface area contributed by atoms with Gasteiger partial charge in [0.2, 0.25) is 0 Å². The highest BCUT2D eigenvalue weighted by atomic mass is 127. The molecule has 0 fully saturated rings. The SMILES string of the molecule is C=C/C(=C\C=C/I)C(=C)C. The first-order valence-corrected chi connectivity index (χ1v) is 4.22. The molecule has 0 rings (SSSR count). The van der Waals surface area contributed by atoms with Crippen molar-refractivity contribution in [1.29, 1.82) is 0 Å². The van der Waals surface area contributed by atoms with Crippen LogP contribution >= 0.6 is 22.6 Å². The van der Waals surface area contributed by atoms with Crippen LogP contribution in [0.15, 0.2) is 46.6 Å². The van der Waals surface area contributed by atoms with E-state index in [1.54, 1.807) is 6.08 Å². The van der Waals surface area contributed by atoms with Crippen LogP contribution in [0.2, 0.25) is 0 Å². The molecule has 1 heteroatoms. The van der Waals surface area contributed by atoms with Crippen LogP contribution in [0.3, 0.4) is 0 Å². The van der Waals surface area contributed by atoms with Crippen LogP contribution in [0, 0.1) is 0 Å². The van der Waals surface area contributed by atoms with Crippen LogP contribution in [0.5, 0.6) is 0 Å². The van der Waals surface area contributed by atoms with Gasteiger partial charge in [-0.1, -0.05) is 59.5 Å². The van der Waals surface area contributed by atoms with Crippen molar-refractivity contribution in [2.24, 2.45) is 0 Å². The van der Waals surface area contributed by atoms with Gasteiger partial charge in [-0.05, 0) is 16.6 Å². The van der Waals surface area contributed by atoms with Crippen LogP contribution < -0.4 is 0 Å². The topological polar surface area (TPSA) is 0 Å². The molecule has 0 spiro atoms. The summed E-state index contributed by atoms with van der Waals surface area (Å²) in [6, 6.07) is 0. The van der Waals surface area contributed by atoms with Gasteiger partial charge in [0.05, 0.1) is 0 Å². The standard InChI is InChI=1S/C9H11I/c1-4-9(8(2)3)6-5-7-10/h4-7H,1-2H2,3H3/b7-5-,9-6+. The zero-order valence-corrected chi connectivity index (χ0v) is 8.26. The maximum atomic E-state index is 3.80. The van der Waals surface area contributed by atoms with E-state index in [0.717, 1.165) is 11.1 Å². The molecule has 0 aliphatic rings. The largest absolute Gasteiger partial charge is 0.0985 e. The lowest BCUT2D eigenvalue weighted by Gasteiger charge is -1.95. The summed E-state index contributed by atoms with van der Waals surface area (Å²) in [5, 5.41) is 0. The van der Waals surface area contributed by atoms with Gasteiger partial charge < -0.3 is 0 Å². The van der Waals surface area contributed by atoms with E-state index in [0.29, 0.717) is 0 Å². The third-order valence-electron chi connectivity index (χ3n) is 1.06. The van der Waals surface area contributed by atoms with Gasteiger partial charge in [-0.3, -0.25) is 0 Å². The van der Waals surface area contributed by atoms with Gasteiger partial charge in [-0.15, -0.1) is 0 Å². The van der Waals surface area contributed by atoms with Crippen molar-refractivity contribution in [2.75, 3.05) is 0 Å². The van der Waals surface area contributed by atoms with Crippen LogP contribution in [0.1, 0.15) is 6.92 Å². The molecule has 0 radical (unpaired) electrons. The third-order valence-corrected chi connectivity index (χ3v) is 1.48. The molecule has 0 N–H and O–H groups in total. The van der Waals surface area contributed by atoms with Crippen molar-refractivity contribution in [3.8, 4) is 0 Å². The maximum absolute atomic E-state index is 3.80. The minimum Gasteiger partial charge on any atom is -0.0985 e. The Bertz CT molecular complexity index is 185. The van der Waals surface area contributed by atoms with Crippen molar-refractivity contribution in [2.45, 2.75) is 6.92 Å². The van der Waals surface area contributed by atoms with Gasteiger partial charge in [0.15, 0.2) is 0 Å². The normalized spacial score (nSPS) is 12.0. The van der Waals surface area contributed by atoms with Crippen molar-refractivity contribution < 1.29 is 0 Å². The van der Waals surface area contributed by atoms with E-state index in [1.165, 1.54) is 0 Å². The predicted octanol–water partition coefficient (Wildman–Crippen LogP) is 3.62. The molecule has 0 nitrogen and oxygen atoms in total. The Balaban J connectivity index is 4.33. The first-order chi connectivity index (χ1) is 4.72. The Hall–Kier alpha value is -0.310. The quantitative estimate of drug-likeness (QED) is 0.527. The van der Waals surface area contributed by atoms with Gasteiger partial charge in [0.1, 0.15) is 0 Å². The molecule has 0 unspecified atom stereocenters. The summed E-state index contributed by atoms with van der Waals surface area (Å²) in [6.07, 6.45) is 5.76. The van der Waals surface area contributed by atoms with E-state index in [-0.39, 0.29) is 0 Å². The van der Waals surface area contributed by atoms with E-state index >= 15 is 0 Å². The lowest BCUT2D eigenvalue weighted by atomic mass is 10.1. The summed E-state index contributed by atoms with van der Waals surface area (Å²) in [6.45, 7) is 9.44. The van der Waals surface area contributed by atoms with Crippen molar-refractivity contribution >= 4 is 22.6 Å². The summed E-state index contributed by atoms with van der Waals surface area (Å²) < 4.78 is 1.95. The lowest BCUT2D eigenvalue weighted by molar-refractivity contribution is 1.46. The second-order valence-electron chi connectivity index (χ2n) is 1.92. The summed E-state index contributed by atoms with van der Waals surface area (Å²) in [7, 11) is 0. The molecule has 0 saturated heterocycles. The molecule has 0 atom stereocenters. The average molecular weight is 246 g/mol. The minimum atomic E-state index is 1.05. The predicted molar refractivity (Wildman–Crippen MR) is 56.3 cm³/mol. The van der Waals surface area contributed by atoms with Gasteiger partial charge in [0, 0.05) is 0 Å². The summed E-state index contributed by atoms with van der Waals surface area (Å²) in [4.78, 5) is 0. The fourth-order valence-corrected chi connectivity index (χ4v) is 0.732. The Morgan fingerprint density at radius 2 is 2.10 bits per heavy atom. The van der Waals surface area contributed by atoms with Crippen LogP contribution in [-0.4, -0.2) is 0 Å². The average Bonchev–Trinajstić information content (AvgIpc) is 1.89. The zero-order chi connectivity index (χ0) is 7.98. The fraction of sp³-hybridized carbons (Fsp3) is 0.111. The molecule has 0 bridgehead atoms. The molecule has 0 aliphatic carbocycles. The molecule has 0 saturated carbocycles. The number of hydrogen-bond donors (Lipinski definition) is 0. The third kappa shape index (κ3) is 3.67. The second-order valence-corrected chi connectivity index (χ2v) is 2.64. The Morgan fingerprint density at radius 3 is 2.40 bits per heavy atom. The molecule has 0 aliphatic heterocycles. The molecule has 0 heterocycles. The van der Waals surface area contributed by atoms with Crippen LogP contribution in [-0.2, 0) is 0 Å². The van der Waals surface area contributed by atoms with E-state index in [1.807, 2.05) is 23.2 Å². The number of hydrogen-bond acceptors (Lipinski definition) is 0.